The van der Waals surface area contributed by atoms with Gasteiger partial charge in [0.25, 0.3) is 0 Å². The average Bonchev–Trinajstić information content (AvgIpc) is 2.83. The Balaban J connectivity index is 2.15. The third kappa shape index (κ3) is 2.88. The lowest BCUT2D eigenvalue weighted by Gasteiger charge is -2.21. The number of anilines is 1. The lowest BCUT2D eigenvalue weighted by Crippen LogP contribution is -2.18. The van der Waals surface area contributed by atoms with Gasteiger partial charge in [-0.2, -0.15) is 0 Å². The zero-order valence-corrected chi connectivity index (χ0v) is 10.1. The molecule has 0 aliphatic rings. The Morgan fingerprint density at radius 3 is 2.76 bits per heavy atom. The van der Waals surface area contributed by atoms with Crippen LogP contribution in [0.2, 0.25) is 0 Å². The summed E-state index contributed by atoms with van der Waals surface area (Å²) in [5, 5.41) is 0. The first-order valence-corrected chi connectivity index (χ1v) is 5.81. The van der Waals surface area contributed by atoms with E-state index in [0.29, 0.717) is 6.54 Å². The van der Waals surface area contributed by atoms with E-state index in [1.165, 1.54) is 16.8 Å². The fraction of sp³-hybridized carbons (Fsp3) is 0.286. The molecule has 90 valence electrons. The number of furan rings is 1. The summed E-state index contributed by atoms with van der Waals surface area (Å²) >= 11 is 0. The van der Waals surface area contributed by atoms with E-state index in [4.69, 9.17) is 10.2 Å². The van der Waals surface area contributed by atoms with Crippen LogP contribution in [0, 0.1) is 0 Å². The molecule has 2 N–H and O–H groups in total. The fourth-order valence-electron chi connectivity index (χ4n) is 1.99. The Labute approximate surface area is 102 Å². The highest BCUT2D eigenvalue weighted by atomic mass is 16.3. The first-order chi connectivity index (χ1) is 8.31. The van der Waals surface area contributed by atoms with Gasteiger partial charge in [0.05, 0.1) is 12.5 Å². The van der Waals surface area contributed by atoms with Crippen LogP contribution in [0.3, 0.4) is 0 Å². The Bertz CT molecular complexity index is 451. The first kappa shape index (κ1) is 11.7. The smallest absolute Gasteiger partial charge is 0.0952 e. The minimum atomic E-state index is 0.677. The van der Waals surface area contributed by atoms with Crippen LogP contribution in [0.5, 0.6) is 0 Å². The molecule has 0 saturated heterocycles. The van der Waals surface area contributed by atoms with Gasteiger partial charge in [0.15, 0.2) is 0 Å². The molecule has 0 radical (unpaired) electrons. The summed E-state index contributed by atoms with van der Waals surface area (Å²) in [7, 11) is 2.09. The van der Waals surface area contributed by atoms with Crippen molar-refractivity contribution in [2.75, 3.05) is 18.5 Å². The van der Waals surface area contributed by atoms with Crippen molar-refractivity contribution < 1.29 is 4.42 Å². The summed E-state index contributed by atoms with van der Waals surface area (Å²) in [6.45, 7) is 1.52. The van der Waals surface area contributed by atoms with Gasteiger partial charge in [0.2, 0.25) is 0 Å². The molecule has 0 aliphatic heterocycles. The molecule has 0 fully saturated rings. The molecule has 17 heavy (non-hydrogen) atoms. The summed E-state index contributed by atoms with van der Waals surface area (Å²) < 4.78 is 5.08. The van der Waals surface area contributed by atoms with E-state index < -0.39 is 0 Å². The summed E-state index contributed by atoms with van der Waals surface area (Å²) in [6.07, 6.45) is 4.39. The van der Waals surface area contributed by atoms with Gasteiger partial charge in [0.1, 0.15) is 0 Å². The van der Waals surface area contributed by atoms with Gasteiger partial charge in [0, 0.05) is 24.8 Å². The summed E-state index contributed by atoms with van der Waals surface area (Å²) in [6, 6.07) is 10.4. The highest BCUT2D eigenvalue weighted by Gasteiger charge is 2.07. The van der Waals surface area contributed by atoms with E-state index in [2.05, 4.69) is 36.2 Å². The Kier molecular flexibility index (Phi) is 3.83. The number of nitrogens with zero attached hydrogens (tertiary/aromatic N) is 1. The van der Waals surface area contributed by atoms with Crippen LogP contribution in [-0.4, -0.2) is 13.6 Å². The lowest BCUT2D eigenvalue weighted by atomic mass is 10.1. The minimum Gasteiger partial charge on any atom is -0.472 e. The fourth-order valence-corrected chi connectivity index (χ4v) is 1.99. The molecule has 3 heteroatoms. The van der Waals surface area contributed by atoms with E-state index in [-0.39, 0.29) is 0 Å². The van der Waals surface area contributed by atoms with E-state index in [1.54, 1.807) is 12.5 Å². The van der Waals surface area contributed by atoms with Crippen molar-refractivity contribution in [1.82, 2.24) is 0 Å². The maximum Gasteiger partial charge on any atom is 0.0952 e. The van der Waals surface area contributed by atoms with Gasteiger partial charge in [-0.1, -0.05) is 18.2 Å². The predicted molar refractivity (Wildman–Crippen MR) is 70.0 cm³/mol. The Hall–Kier alpha value is -1.74. The van der Waals surface area contributed by atoms with Gasteiger partial charge in [-0.05, 0) is 30.7 Å². The molecule has 0 unspecified atom stereocenters. The second-order valence-corrected chi connectivity index (χ2v) is 4.16. The molecular formula is C14H18N2O. The quantitative estimate of drug-likeness (QED) is 0.857. The van der Waals surface area contributed by atoms with E-state index >= 15 is 0 Å². The van der Waals surface area contributed by atoms with Crippen molar-refractivity contribution in [3.8, 4) is 0 Å². The molecular weight excluding hydrogens is 212 g/mol. The highest BCUT2D eigenvalue weighted by molar-refractivity contribution is 5.53. The summed E-state index contributed by atoms with van der Waals surface area (Å²) in [4.78, 5) is 2.22. The number of rotatable bonds is 5. The van der Waals surface area contributed by atoms with Crippen molar-refractivity contribution >= 4 is 5.69 Å². The molecule has 1 heterocycles. The molecule has 2 rings (SSSR count). The van der Waals surface area contributed by atoms with Gasteiger partial charge in [-0.3, -0.25) is 0 Å². The van der Waals surface area contributed by atoms with Crippen molar-refractivity contribution in [2.24, 2.45) is 5.73 Å². The molecule has 0 bridgehead atoms. The number of benzene rings is 1. The van der Waals surface area contributed by atoms with Crippen LogP contribution in [-0.2, 0) is 13.0 Å². The predicted octanol–water partition coefficient (Wildman–Crippen LogP) is 2.42. The molecule has 0 amide bonds. The van der Waals surface area contributed by atoms with Crippen molar-refractivity contribution in [3.05, 3.63) is 54.0 Å². The van der Waals surface area contributed by atoms with Crippen LogP contribution in [0.15, 0.2) is 47.3 Å². The monoisotopic (exact) mass is 230 g/mol. The third-order valence-corrected chi connectivity index (χ3v) is 2.82. The molecule has 2 aromatic rings. The number of nitrogens with two attached hydrogens (primary N) is 1. The Morgan fingerprint density at radius 2 is 2.06 bits per heavy atom. The van der Waals surface area contributed by atoms with Crippen molar-refractivity contribution in [1.29, 1.82) is 0 Å². The standard InChI is InChI=1S/C14H18N2O/c1-16(10-12-7-9-17-11-12)14-5-3-2-4-13(14)6-8-15/h2-5,7,9,11H,6,8,10,15H2,1H3. The highest BCUT2D eigenvalue weighted by Crippen LogP contribution is 2.21. The molecule has 0 spiro atoms. The maximum absolute atomic E-state index is 5.63. The van der Waals surface area contributed by atoms with Gasteiger partial charge < -0.3 is 15.1 Å². The summed E-state index contributed by atoms with van der Waals surface area (Å²) in [5.74, 6) is 0. The second-order valence-electron chi connectivity index (χ2n) is 4.16. The number of hydrogen-bond acceptors (Lipinski definition) is 3. The van der Waals surface area contributed by atoms with E-state index in [0.717, 1.165) is 13.0 Å². The normalized spacial score (nSPS) is 10.5. The topological polar surface area (TPSA) is 42.4 Å². The summed E-state index contributed by atoms with van der Waals surface area (Å²) in [5.41, 5.74) is 9.34. The first-order valence-electron chi connectivity index (χ1n) is 5.81. The molecule has 0 atom stereocenters. The maximum atomic E-state index is 5.63. The van der Waals surface area contributed by atoms with Crippen molar-refractivity contribution in [3.63, 3.8) is 0 Å². The Morgan fingerprint density at radius 1 is 1.24 bits per heavy atom. The molecule has 0 saturated carbocycles. The van der Waals surface area contributed by atoms with Crippen LogP contribution < -0.4 is 10.6 Å². The van der Waals surface area contributed by atoms with Crippen LogP contribution in [0.25, 0.3) is 0 Å². The molecule has 3 nitrogen and oxygen atoms in total. The molecule has 1 aromatic heterocycles. The largest absolute Gasteiger partial charge is 0.472 e. The van der Waals surface area contributed by atoms with Crippen LogP contribution >= 0.6 is 0 Å². The van der Waals surface area contributed by atoms with Gasteiger partial charge in [-0.25, -0.2) is 0 Å². The second kappa shape index (κ2) is 5.55. The zero-order valence-electron chi connectivity index (χ0n) is 10.1. The molecule has 1 aromatic carbocycles. The minimum absolute atomic E-state index is 0.677. The SMILES string of the molecule is CN(Cc1ccoc1)c1ccccc1CCN. The van der Waals surface area contributed by atoms with E-state index in [9.17, 15) is 0 Å². The van der Waals surface area contributed by atoms with E-state index in [1.807, 2.05) is 6.07 Å². The number of para-hydroxylation sites is 1. The van der Waals surface area contributed by atoms with Crippen LogP contribution in [0.4, 0.5) is 5.69 Å². The zero-order chi connectivity index (χ0) is 12.1. The van der Waals surface area contributed by atoms with Gasteiger partial charge in [-0.15, -0.1) is 0 Å². The third-order valence-electron chi connectivity index (χ3n) is 2.82. The molecule has 0 aliphatic carbocycles. The number of hydrogen-bond donors (Lipinski definition) is 1. The average molecular weight is 230 g/mol. The van der Waals surface area contributed by atoms with Crippen LogP contribution in [0.1, 0.15) is 11.1 Å². The van der Waals surface area contributed by atoms with Gasteiger partial charge >= 0.3 is 0 Å². The lowest BCUT2D eigenvalue weighted by molar-refractivity contribution is 0.563. The van der Waals surface area contributed by atoms with Crippen molar-refractivity contribution in [2.45, 2.75) is 13.0 Å².